The molecule has 0 radical (unpaired) electrons. The van der Waals surface area contributed by atoms with E-state index >= 15 is 0 Å². The number of amides is 1. The highest BCUT2D eigenvalue weighted by Crippen LogP contribution is 1.94. The minimum Gasteiger partial charge on any atom is -0.366 e. The number of benzene rings is 1. The van der Waals surface area contributed by atoms with E-state index in [1.807, 2.05) is 6.07 Å². The van der Waals surface area contributed by atoms with Crippen LogP contribution in [0.15, 0.2) is 30.3 Å². The molecule has 13 heavy (non-hydrogen) atoms. The summed E-state index contributed by atoms with van der Waals surface area (Å²) in [5, 5.41) is 0. The molecule has 3 nitrogen and oxygen atoms in total. The lowest BCUT2D eigenvalue weighted by molar-refractivity contribution is -0.114. The third kappa shape index (κ3) is 6.75. The first-order valence-electron chi connectivity index (χ1n) is 3.86. The van der Waals surface area contributed by atoms with Gasteiger partial charge in [-0.05, 0) is 26.0 Å². The Morgan fingerprint density at radius 1 is 1.08 bits per heavy atom. The van der Waals surface area contributed by atoms with Crippen molar-refractivity contribution in [1.29, 1.82) is 0 Å². The lowest BCUT2D eigenvalue weighted by Gasteiger charge is -1.89. The maximum atomic E-state index is 10.4. The molecule has 0 atom stereocenters. The van der Waals surface area contributed by atoms with Gasteiger partial charge in [0.05, 0.1) is 0 Å². The van der Waals surface area contributed by atoms with Crippen molar-refractivity contribution in [3.8, 4) is 0 Å². The summed E-state index contributed by atoms with van der Waals surface area (Å²) in [5.74, 6) is -0.212. The fourth-order valence-corrected chi connectivity index (χ4v) is 0.602. The molecule has 1 rings (SSSR count). The van der Waals surface area contributed by atoms with Crippen LogP contribution in [0.2, 0.25) is 0 Å². The molecule has 0 fully saturated rings. The van der Waals surface area contributed by atoms with E-state index in [2.05, 4.69) is 0 Å². The summed E-state index contributed by atoms with van der Waals surface area (Å²) in [6, 6.07) is 8.76. The van der Waals surface area contributed by atoms with Crippen LogP contribution in [-0.2, 0) is 4.79 Å². The zero-order valence-corrected chi connectivity index (χ0v) is 7.78. The van der Waals surface area contributed by atoms with Gasteiger partial charge in [-0.1, -0.05) is 18.2 Å². The molecule has 0 spiro atoms. The summed E-state index contributed by atoms with van der Waals surface area (Å²) >= 11 is 0. The zero-order valence-electron chi connectivity index (χ0n) is 7.78. The van der Waals surface area contributed by atoms with Gasteiger partial charge in [0.25, 0.3) is 0 Å². The second-order valence-electron chi connectivity index (χ2n) is 2.64. The monoisotopic (exact) mass is 179 g/mol. The first kappa shape index (κ1) is 11.4. The number of nitrogens with two attached hydrogens (primary N) is 1. The Balaban J connectivity index is 0.000000310. The van der Waals surface area contributed by atoms with E-state index in [0.29, 0.717) is 5.56 Å². The van der Waals surface area contributed by atoms with Crippen molar-refractivity contribution >= 4 is 11.7 Å². The molecule has 0 heterocycles. The Morgan fingerprint density at radius 2 is 1.46 bits per heavy atom. The second-order valence-corrected chi connectivity index (χ2v) is 2.64. The summed E-state index contributed by atoms with van der Waals surface area (Å²) in [7, 11) is 0. The first-order chi connectivity index (χ1) is 6.04. The molecule has 1 aromatic carbocycles. The van der Waals surface area contributed by atoms with Crippen LogP contribution in [0.3, 0.4) is 0 Å². The number of primary amides is 1. The van der Waals surface area contributed by atoms with Gasteiger partial charge in [-0.25, -0.2) is 0 Å². The molecule has 0 saturated heterocycles. The number of Topliss-reactive ketones (excluding diaryl/α,β-unsaturated/α-hetero) is 1. The second kappa shape index (κ2) is 5.94. The Morgan fingerprint density at radius 3 is 1.69 bits per heavy atom. The van der Waals surface area contributed by atoms with Crippen LogP contribution in [0, 0.1) is 0 Å². The van der Waals surface area contributed by atoms with Crippen molar-refractivity contribution in [3.63, 3.8) is 0 Å². The van der Waals surface area contributed by atoms with E-state index in [4.69, 9.17) is 5.73 Å². The van der Waals surface area contributed by atoms with Gasteiger partial charge >= 0.3 is 0 Å². The highest BCUT2D eigenvalue weighted by molar-refractivity contribution is 5.92. The van der Waals surface area contributed by atoms with Crippen molar-refractivity contribution < 1.29 is 9.59 Å². The molecule has 1 amide bonds. The zero-order chi connectivity index (χ0) is 10.3. The molecule has 0 saturated carbocycles. The molecule has 0 bridgehead atoms. The maximum absolute atomic E-state index is 10.4. The SMILES string of the molecule is CC(C)=O.NC(=O)c1ccccc1. The van der Waals surface area contributed by atoms with Crippen molar-refractivity contribution in [2.45, 2.75) is 13.8 Å². The highest BCUT2D eigenvalue weighted by Gasteiger charge is 1.93. The van der Waals surface area contributed by atoms with Crippen LogP contribution in [0.5, 0.6) is 0 Å². The maximum Gasteiger partial charge on any atom is 0.248 e. The van der Waals surface area contributed by atoms with Gasteiger partial charge in [0.1, 0.15) is 5.78 Å². The molecule has 0 aromatic heterocycles. The molecule has 0 unspecified atom stereocenters. The molecule has 1 aromatic rings. The predicted octanol–water partition coefficient (Wildman–Crippen LogP) is 1.38. The van der Waals surface area contributed by atoms with E-state index in [-0.39, 0.29) is 11.7 Å². The summed E-state index contributed by atoms with van der Waals surface area (Å²) < 4.78 is 0. The van der Waals surface area contributed by atoms with Crippen LogP contribution in [0.1, 0.15) is 24.2 Å². The average molecular weight is 179 g/mol. The Bertz CT molecular complexity index is 276. The van der Waals surface area contributed by atoms with Gasteiger partial charge in [-0.15, -0.1) is 0 Å². The van der Waals surface area contributed by atoms with E-state index in [9.17, 15) is 9.59 Å². The Labute approximate surface area is 77.6 Å². The third-order valence-corrected chi connectivity index (χ3v) is 1.06. The van der Waals surface area contributed by atoms with E-state index in [0.717, 1.165) is 0 Å². The lowest BCUT2D eigenvalue weighted by atomic mass is 10.2. The third-order valence-electron chi connectivity index (χ3n) is 1.06. The quantitative estimate of drug-likeness (QED) is 0.708. The Hall–Kier alpha value is -1.64. The largest absolute Gasteiger partial charge is 0.366 e. The molecular formula is C10H13NO2. The van der Waals surface area contributed by atoms with E-state index in [1.165, 1.54) is 13.8 Å². The van der Waals surface area contributed by atoms with Gasteiger partial charge in [0.2, 0.25) is 5.91 Å². The number of hydrogen-bond acceptors (Lipinski definition) is 2. The van der Waals surface area contributed by atoms with Crippen LogP contribution >= 0.6 is 0 Å². The van der Waals surface area contributed by atoms with Crippen LogP contribution in [0.25, 0.3) is 0 Å². The fraction of sp³-hybridized carbons (Fsp3) is 0.200. The molecule has 2 N–H and O–H groups in total. The van der Waals surface area contributed by atoms with Gasteiger partial charge < -0.3 is 10.5 Å². The smallest absolute Gasteiger partial charge is 0.248 e. The van der Waals surface area contributed by atoms with Crippen molar-refractivity contribution in [1.82, 2.24) is 0 Å². The van der Waals surface area contributed by atoms with Crippen molar-refractivity contribution in [2.75, 3.05) is 0 Å². The average Bonchev–Trinajstić information content (AvgIpc) is 2.05. The number of hydrogen-bond donors (Lipinski definition) is 1. The Kier molecular flexibility index (Phi) is 5.19. The highest BCUT2D eigenvalue weighted by atomic mass is 16.1. The summed E-state index contributed by atoms with van der Waals surface area (Å²) in [6.45, 7) is 3.06. The normalized spacial score (nSPS) is 8.15. The number of ketones is 1. The van der Waals surface area contributed by atoms with Crippen molar-refractivity contribution in [3.05, 3.63) is 35.9 Å². The molecule has 0 aliphatic carbocycles. The van der Waals surface area contributed by atoms with Crippen LogP contribution in [-0.4, -0.2) is 11.7 Å². The molecule has 3 heteroatoms. The number of rotatable bonds is 1. The van der Waals surface area contributed by atoms with E-state index < -0.39 is 0 Å². The molecule has 0 aliphatic rings. The predicted molar refractivity (Wildman–Crippen MR) is 51.3 cm³/mol. The van der Waals surface area contributed by atoms with Gasteiger partial charge in [0, 0.05) is 5.56 Å². The minimum absolute atomic E-state index is 0.167. The van der Waals surface area contributed by atoms with Gasteiger partial charge in [0.15, 0.2) is 0 Å². The van der Waals surface area contributed by atoms with Gasteiger partial charge in [-0.3, -0.25) is 4.79 Å². The van der Waals surface area contributed by atoms with Crippen LogP contribution in [0.4, 0.5) is 0 Å². The first-order valence-corrected chi connectivity index (χ1v) is 3.86. The summed E-state index contributed by atoms with van der Waals surface area (Å²) in [4.78, 5) is 19.9. The molecule has 70 valence electrons. The molecule has 0 aliphatic heterocycles. The number of carbonyl (C=O) groups is 2. The summed E-state index contributed by atoms with van der Waals surface area (Å²) in [6.07, 6.45) is 0. The minimum atomic E-state index is -0.379. The topological polar surface area (TPSA) is 60.2 Å². The van der Waals surface area contributed by atoms with Crippen molar-refractivity contribution in [2.24, 2.45) is 5.73 Å². The molecular weight excluding hydrogens is 166 g/mol. The van der Waals surface area contributed by atoms with Gasteiger partial charge in [-0.2, -0.15) is 0 Å². The number of carbonyl (C=O) groups excluding carboxylic acids is 2. The lowest BCUT2D eigenvalue weighted by Crippen LogP contribution is -2.09. The van der Waals surface area contributed by atoms with E-state index in [1.54, 1.807) is 24.3 Å². The van der Waals surface area contributed by atoms with Crippen LogP contribution < -0.4 is 5.73 Å². The standard InChI is InChI=1S/C7H7NO.C3H6O/c8-7(9)6-4-2-1-3-5-6;1-3(2)4/h1-5H,(H2,8,9);1-2H3. The summed E-state index contributed by atoms with van der Waals surface area (Å²) in [5.41, 5.74) is 5.53. The fourth-order valence-electron chi connectivity index (χ4n) is 0.602.